The van der Waals surface area contributed by atoms with Crippen LogP contribution in [0.1, 0.15) is 17.2 Å². The predicted molar refractivity (Wildman–Crippen MR) is 107 cm³/mol. The lowest BCUT2D eigenvalue weighted by Gasteiger charge is -2.27. The van der Waals surface area contributed by atoms with E-state index in [4.69, 9.17) is 11.6 Å². The van der Waals surface area contributed by atoms with E-state index in [0.29, 0.717) is 27.4 Å². The molecule has 0 saturated heterocycles. The van der Waals surface area contributed by atoms with Crippen LogP contribution in [0.3, 0.4) is 0 Å². The van der Waals surface area contributed by atoms with Gasteiger partial charge in [0.25, 0.3) is 11.2 Å². The van der Waals surface area contributed by atoms with Gasteiger partial charge in [0.05, 0.1) is 10.6 Å². The van der Waals surface area contributed by atoms with Crippen LogP contribution in [0, 0.1) is 10.1 Å². The van der Waals surface area contributed by atoms with Crippen molar-refractivity contribution >= 4 is 28.9 Å². The molecule has 0 amide bonds. The maximum Gasteiger partial charge on any atom is 0.288 e. The highest BCUT2D eigenvalue weighted by Crippen LogP contribution is 2.41. The number of hydrogen-bond donors (Lipinski definition) is 2. The van der Waals surface area contributed by atoms with Gasteiger partial charge in [0.15, 0.2) is 0 Å². The Hall–Kier alpha value is -4.12. The second-order valence-corrected chi connectivity index (χ2v) is 6.96. The largest absolute Gasteiger partial charge is 0.318 e. The summed E-state index contributed by atoms with van der Waals surface area (Å²) in [5.41, 5.74) is 1.84. The molecular weight excluding hydrogens is 412 g/mol. The van der Waals surface area contributed by atoms with Crippen molar-refractivity contribution in [1.29, 1.82) is 0 Å². The number of tetrazole rings is 1. The molecule has 0 bridgehead atoms. The SMILES string of the molecule is O=c1[nH]nc(-c2ccc(Cl)cc2)c2c1Nc1nnnn1[C@H]2c1cccc([N+](=O)[O-])c1. The number of non-ortho nitro benzene ring substituents is 1. The van der Waals surface area contributed by atoms with Crippen LogP contribution in [0.15, 0.2) is 53.3 Å². The van der Waals surface area contributed by atoms with E-state index in [1.165, 1.54) is 16.8 Å². The summed E-state index contributed by atoms with van der Waals surface area (Å²) >= 11 is 6.01. The normalized spacial score (nSPS) is 14.5. The maximum atomic E-state index is 12.6. The molecule has 12 heteroatoms. The average molecular weight is 423 g/mol. The zero-order valence-corrected chi connectivity index (χ0v) is 15.7. The summed E-state index contributed by atoms with van der Waals surface area (Å²) in [6, 6.07) is 12.3. The first-order valence-corrected chi connectivity index (χ1v) is 9.08. The molecule has 30 heavy (non-hydrogen) atoms. The number of nitro groups is 1. The van der Waals surface area contributed by atoms with Gasteiger partial charge >= 0.3 is 0 Å². The van der Waals surface area contributed by atoms with Gasteiger partial charge in [0.2, 0.25) is 5.95 Å². The van der Waals surface area contributed by atoms with Gasteiger partial charge in [-0.2, -0.15) is 9.78 Å². The van der Waals surface area contributed by atoms with Gasteiger partial charge in [-0.15, -0.1) is 0 Å². The van der Waals surface area contributed by atoms with Crippen molar-refractivity contribution in [1.82, 2.24) is 30.4 Å². The lowest BCUT2D eigenvalue weighted by Crippen LogP contribution is -2.29. The van der Waals surface area contributed by atoms with Crippen LogP contribution < -0.4 is 10.9 Å². The Labute approximate surface area is 172 Å². The minimum absolute atomic E-state index is 0.0898. The Bertz CT molecular complexity index is 1350. The summed E-state index contributed by atoms with van der Waals surface area (Å²) in [5.74, 6) is 0.234. The molecule has 4 aromatic rings. The number of anilines is 2. The van der Waals surface area contributed by atoms with Crippen molar-refractivity contribution in [3.05, 3.63) is 85.1 Å². The van der Waals surface area contributed by atoms with Gasteiger partial charge < -0.3 is 5.32 Å². The first-order valence-electron chi connectivity index (χ1n) is 8.70. The van der Waals surface area contributed by atoms with Gasteiger partial charge in [-0.05, 0) is 28.1 Å². The molecule has 0 spiro atoms. The predicted octanol–water partition coefficient (Wildman–Crippen LogP) is 2.68. The second kappa shape index (κ2) is 6.74. The third-order valence-electron chi connectivity index (χ3n) is 4.78. The van der Waals surface area contributed by atoms with E-state index in [1.807, 2.05) is 0 Å². The molecule has 2 aromatic carbocycles. The van der Waals surface area contributed by atoms with Gasteiger partial charge in [0.1, 0.15) is 11.7 Å². The second-order valence-electron chi connectivity index (χ2n) is 6.52. The number of benzene rings is 2. The van der Waals surface area contributed by atoms with Gasteiger partial charge in [-0.3, -0.25) is 14.9 Å². The average Bonchev–Trinajstić information content (AvgIpc) is 3.22. The van der Waals surface area contributed by atoms with Crippen molar-refractivity contribution in [3.63, 3.8) is 0 Å². The summed E-state index contributed by atoms with van der Waals surface area (Å²) < 4.78 is 1.46. The van der Waals surface area contributed by atoms with E-state index in [1.54, 1.807) is 36.4 Å². The standard InChI is InChI=1S/C18H11ClN8O3/c19-11-6-4-9(5-7-11)14-13-15(17(28)22-21-14)20-18-23-24-25-26(18)16(13)10-2-1-3-12(8-10)27(29)30/h1-8,16H,(H,22,28)(H,20,23,25)/t16-/m0/s1. The van der Waals surface area contributed by atoms with Crippen molar-refractivity contribution < 1.29 is 4.92 Å². The number of rotatable bonds is 3. The first kappa shape index (κ1) is 17.9. The Morgan fingerprint density at radius 1 is 1.17 bits per heavy atom. The third kappa shape index (κ3) is 2.79. The van der Waals surface area contributed by atoms with E-state index >= 15 is 0 Å². The first-order chi connectivity index (χ1) is 14.5. The monoisotopic (exact) mass is 422 g/mol. The number of halogens is 1. The molecule has 1 aliphatic heterocycles. The van der Waals surface area contributed by atoms with Crippen molar-refractivity contribution in [3.8, 4) is 11.3 Å². The number of hydrogen-bond acceptors (Lipinski definition) is 8. The fourth-order valence-corrected chi connectivity index (χ4v) is 3.61. The van der Waals surface area contributed by atoms with Crippen LogP contribution in [0.2, 0.25) is 5.02 Å². The van der Waals surface area contributed by atoms with Crippen LogP contribution >= 0.6 is 11.6 Å². The summed E-state index contributed by atoms with van der Waals surface area (Å²) in [4.78, 5) is 23.4. The molecule has 2 N–H and O–H groups in total. The molecule has 3 heterocycles. The summed E-state index contributed by atoms with van der Waals surface area (Å²) in [6.45, 7) is 0. The van der Waals surface area contributed by atoms with Crippen LogP contribution in [-0.4, -0.2) is 35.3 Å². The molecule has 1 atom stereocenters. The molecule has 148 valence electrons. The summed E-state index contributed by atoms with van der Waals surface area (Å²) in [6.07, 6.45) is 0. The van der Waals surface area contributed by atoms with Gasteiger partial charge in [-0.1, -0.05) is 41.0 Å². The van der Waals surface area contributed by atoms with E-state index < -0.39 is 16.5 Å². The maximum absolute atomic E-state index is 12.6. The Kier molecular flexibility index (Phi) is 4.03. The zero-order valence-electron chi connectivity index (χ0n) is 15.0. The Balaban J connectivity index is 1.81. The molecule has 0 fully saturated rings. The van der Waals surface area contributed by atoms with Crippen molar-refractivity contribution in [2.45, 2.75) is 6.04 Å². The molecule has 5 rings (SSSR count). The lowest BCUT2D eigenvalue weighted by molar-refractivity contribution is -0.384. The Morgan fingerprint density at radius 2 is 1.97 bits per heavy atom. The van der Waals surface area contributed by atoms with Crippen LogP contribution in [0.25, 0.3) is 11.3 Å². The minimum Gasteiger partial charge on any atom is -0.318 e. The lowest BCUT2D eigenvalue weighted by atomic mass is 9.92. The van der Waals surface area contributed by atoms with E-state index in [9.17, 15) is 14.9 Å². The molecule has 0 radical (unpaired) electrons. The molecule has 0 unspecified atom stereocenters. The van der Waals surface area contributed by atoms with E-state index in [0.717, 1.165) is 0 Å². The van der Waals surface area contributed by atoms with Gasteiger partial charge in [-0.25, -0.2) is 5.10 Å². The van der Waals surface area contributed by atoms with Crippen LogP contribution in [-0.2, 0) is 0 Å². The highest BCUT2D eigenvalue weighted by atomic mass is 35.5. The van der Waals surface area contributed by atoms with Crippen LogP contribution in [0.5, 0.6) is 0 Å². The quantitative estimate of drug-likeness (QED) is 0.333. The fourth-order valence-electron chi connectivity index (χ4n) is 3.48. The Morgan fingerprint density at radius 3 is 2.73 bits per heavy atom. The number of nitrogens with one attached hydrogen (secondary N) is 2. The number of aromatic nitrogens is 6. The minimum atomic E-state index is -0.716. The van der Waals surface area contributed by atoms with Crippen LogP contribution in [0.4, 0.5) is 17.3 Å². The number of fused-ring (bicyclic) bond motifs is 2. The smallest absolute Gasteiger partial charge is 0.288 e. The molecule has 2 aromatic heterocycles. The van der Waals surface area contributed by atoms with E-state index in [-0.39, 0.29) is 17.3 Å². The summed E-state index contributed by atoms with van der Waals surface area (Å²) in [5, 5.41) is 33.1. The highest BCUT2D eigenvalue weighted by molar-refractivity contribution is 6.30. The van der Waals surface area contributed by atoms with Crippen molar-refractivity contribution in [2.24, 2.45) is 0 Å². The molecule has 1 aliphatic rings. The molecule has 0 saturated carbocycles. The van der Waals surface area contributed by atoms with Crippen molar-refractivity contribution in [2.75, 3.05) is 5.32 Å². The topological polar surface area (TPSA) is 145 Å². The highest BCUT2D eigenvalue weighted by Gasteiger charge is 2.34. The van der Waals surface area contributed by atoms with Gasteiger partial charge in [0, 0.05) is 28.3 Å². The summed E-state index contributed by atoms with van der Waals surface area (Å²) in [7, 11) is 0. The number of nitrogens with zero attached hydrogens (tertiary/aromatic N) is 6. The number of aromatic amines is 1. The molecule has 11 nitrogen and oxygen atoms in total. The zero-order chi connectivity index (χ0) is 20.8. The molecular formula is C18H11ClN8O3. The molecule has 0 aliphatic carbocycles. The fraction of sp³-hybridized carbons (Fsp3) is 0.0556. The third-order valence-corrected chi connectivity index (χ3v) is 5.03. The number of H-pyrrole nitrogens is 1. The number of nitro benzene ring substituents is 1. The van der Waals surface area contributed by atoms with E-state index in [2.05, 4.69) is 31.0 Å².